The van der Waals surface area contributed by atoms with Crippen molar-refractivity contribution >= 4 is 23.2 Å². The number of aromatic nitrogens is 5. The van der Waals surface area contributed by atoms with Crippen LogP contribution in [0.25, 0.3) is 11.3 Å². The molecule has 0 atom stereocenters. The molecule has 31 heavy (non-hydrogen) atoms. The van der Waals surface area contributed by atoms with Crippen LogP contribution in [0.2, 0.25) is 0 Å². The van der Waals surface area contributed by atoms with Crippen molar-refractivity contribution in [1.29, 1.82) is 0 Å². The zero-order valence-electron chi connectivity index (χ0n) is 17.2. The van der Waals surface area contributed by atoms with E-state index in [9.17, 15) is 13.6 Å². The molecule has 0 bridgehead atoms. The number of amides is 1. The lowest BCUT2D eigenvalue weighted by atomic mass is 10.1. The molecule has 0 aliphatic carbocycles. The molecule has 0 saturated heterocycles. The molecule has 0 saturated carbocycles. The van der Waals surface area contributed by atoms with E-state index in [4.69, 9.17) is 4.74 Å². The lowest BCUT2D eigenvalue weighted by molar-refractivity contribution is -0.114. The summed E-state index contributed by atoms with van der Waals surface area (Å²) in [6, 6.07) is 5.05. The number of fused-ring (bicyclic) bond motifs is 1. The highest BCUT2D eigenvalue weighted by Gasteiger charge is 2.29. The maximum absolute atomic E-state index is 13.8. The van der Waals surface area contributed by atoms with Crippen LogP contribution >= 0.6 is 0 Å². The molecule has 0 radical (unpaired) electrons. The summed E-state index contributed by atoms with van der Waals surface area (Å²) in [6.07, 6.45) is 1.56. The Hall–Kier alpha value is -3.47. The Morgan fingerprint density at radius 2 is 2.03 bits per heavy atom. The van der Waals surface area contributed by atoms with Gasteiger partial charge in [-0.25, -0.2) is 15.0 Å². The number of rotatable bonds is 5. The molecule has 2 N–H and O–H groups in total. The maximum atomic E-state index is 13.8. The number of hydrogen-bond donors (Lipinski definition) is 2. The number of pyridine rings is 1. The highest BCUT2D eigenvalue weighted by molar-refractivity contribution is 5.89. The smallest absolute Gasteiger partial charge is 0.303 e. The van der Waals surface area contributed by atoms with Crippen molar-refractivity contribution in [2.45, 2.75) is 39.8 Å². The number of carbonyl (C=O) groups excluding carboxylic acids is 1. The summed E-state index contributed by atoms with van der Waals surface area (Å²) in [6.45, 7) is 5.39. The fourth-order valence-electron chi connectivity index (χ4n) is 3.20. The molecule has 0 spiro atoms. The number of anilines is 3. The van der Waals surface area contributed by atoms with E-state index >= 15 is 0 Å². The standard InChI is InChI=1S/C20H21F2N7O2/c1-11-6-18(27-19(24-11)20(3,21)22)26-15-8-17(25-12(2)30)23-9-14(15)16-7-13-10-31-5-4-29(13)28-16/h6-9H,4-5,10H2,1-3H3,(H2,23,24,25,26,27,30). The van der Waals surface area contributed by atoms with Gasteiger partial charge >= 0.3 is 5.92 Å². The van der Waals surface area contributed by atoms with Gasteiger partial charge in [-0.15, -0.1) is 0 Å². The topological polar surface area (TPSA) is 107 Å². The first-order valence-corrected chi connectivity index (χ1v) is 9.62. The van der Waals surface area contributed by atoms with E-state index in [1.165, 1.54) is 6.92 Å². The minimum Gasteiger partial charge on any atom is -0.373 e. The summed E-state index contributed by atoms with van der Waals surface area (Å²) in [5.74, 6) is -3.56. The Morgan fingerprint density at radius 1 is 1.23 bits per heavy atom. The van der Waals surface area contributed by atoms with Crippen LogP contribution in [0, 0.1) is 6.92 Å². The molecular formula is C20H21F2N7O2. The Labute approximate surface area is 176 Å². The Kier molecular flexibility index (Phi) is 5.36. The highest BCUT2D eigenvalue weighted by Crippen LogP contribution is 2.32. The predicted octanol–water partition coefficient (Wildman–Crippen LogP) is 3.39. The number of ether oxygens (including phenoxy) is 1. The van der Waals surface area contributed by atoms with Gasteiger partial charge in [0.25, 0.3) is 0 Å². The minimum absolute atomic E-state index is 0.192. The number of nitrogens with one attached hydrogen (secondary N) is 2. The second kappa shape index (κ2) is 7.99. The zero-order chi connectivity index (χ0) is 22.2. The molecule has 11 heteroatoms. The molecule has 0 fully saturated rings. The highest BCUT2D eigenvalue weighted by atomic mass is 19.3. The molecule has 4 heterocycles. The fourth-order valence-corrected chi connectivity index (χ4v) is 3.20. The minimum atomic E-state index is -3.19. The Bertz CT molecular complexity index is 1120. The summed E-state index contributed by atoms with van der Waals surface area (Å²) in [7, 11) is 0. The van der Waals surface area contributed by atoms with Crippen LogP contribution in [0.1, 0.15) is 31.1 Å². The van der Waals surface area contributed by atoms with Crippen molar-refractivity contribution < 1.29 is 18.3 Å². The number of carbonyl (C=O) groups is 1. The molecule has 1 amide bonds. The van der Waals surface area contributed by atoms with Crippen molar-refractivity contribution in [3.05, 3.63) is 41.6 Å². The van der Waals surface area contributed by atoms with Gasteiger partial charge in [0.2, 0.25) is 11.7 Å². The van der Waals surface area contributed by atoms with Gasteiger partial charge in [-0.1, -0.05) is 0 Å². The molecule has 3 aromatic rings. The summed E-state index contributed by atoms with van der Waals surface area (Å²) in [5.41, 5.74) is 3.07. The molecule has 9 nitrogen and oxygen atoms in total. The van der Waals surface area contributed by atoms with Gasteiger partial charge in [-0.05, 0) is 13.0 Å². The van der Waals surface area contributed by atoms with Crippen LogP contribution in [0.15, 0.2) is 24.4 Å². The first kappa shape index (κ1) is 20.8. The van der Waals surface area contributed by atoms with Crippen LogP contribution in [0.5, 0.6) is 0 Å². The van der Waals surface area contributed by atoms with Crippen LogP contribution in [-0.2, 0) is 28.6 Å². The van der Waals surface area contributed by atoms with E-state index in [0.29, 0.717) is 48.2 Å². The molecule has 1 aliphatic heterocycles. The summed E-state index contributed by atoms with van der Waals surface area (Å²) < 4.78 is 34.9. The third-order valence-corrected chi connectivity index (χ3v) is 4.55. The van der Waals surface area contributed by atoms with Crippen molar-refractivity contribution in [2.24, 2.45) is 0 Å². The maximum Gasteiger partial charge on any atom is 0.303 e. The van der Waals surface area contributed by atoms with Gasteiger partial charge < -0.3 is 15.4 Å². The normalized spacial score (nSPS) is 13.6. The van der Waals surface area contributed by atoms with Crippen molar-refractivity contribution in [3.8, 4) is 11.3 Å². The first-order chi connectivity index (χ1) is 14.7. The van der Waals surface area contributed by atoms with Gasteiger partial charge in [0.15, 0.2) is 0 Å². The monoisotopic (exact) mass is 429 g/mol. The van der Waals surface area contributed by atoms with Crippen LogP contribution in [0.4, 0.5) is 26.1 Å². The SMILES string of the molecule is CC(=O)Nc1cc(Nc2cc(C)nc(C(C)(F)F)n2)c(-c2cc3n(n2)CCOC3)cn1. The molecular weight excluding hydrogens is 408 g/mol. The van der Waals surface area contributed by atoms with Crippen LogP contribution in [-0.4, -0.2) is 37.2 Å². The molecule has 162 valence electrons. The quantitative estimate of drug-likeness (QED) is 0.640. The number of alkyl halides is 2. The number of aryl methyl sites for hydroxylation is 1. The van der Waals surface area contributed by atoms with Gasteiger partial charge in [0.05, 0.1) is 36.8 Å². The third-order valence-electron chi connectivity index (χ3n) is 4.55. The zero-order valence-corrected chi connectivity index (χ0v) is 17.2. The van der Waals surface area contributed by atoms with Crippen LogP contribution < -0.4 is 10.6 Å². The summed E-state index contributed by atoms with van der Waals surface area (Å²) in [5, 5.41) is 10.3. The lowest BCUT2D eigenvalue weighted by Gasteiger charge is -2.15. The number of halogens is 2. The Morgan fingerprint density at radius 3 is 2.74 bits per heavy atom. The van der Waals surface area contributed by atoms with E-state index in [1.54, 1.807) is 25.3 Å². The van der Waals surface area contributed by atoms with E-state index in [1.807, 2.05) is 10.7 Å². The molecule has 0 unspecified atom stereocenters. The van der Waals surface area contributed by atoms with Crippen molar-refractivity contribution in [3.63, 3.8) is 0 Å². The van der Waals surface area contributed by atoms with Crippen LogP contribution in [0.3, 0.4) is 0 Å². The molecule has 1 aliphatic rings. The van der Waals surface area contributed by atoms with Crippen molar-refractivity contribution in [2.75, 3.05) is 17.2 Å². The average Bonchev–Trinajstić information content (AvgIpc) is 3.10. The van der Waals surface area contributed by atoms with Gasteiger partial charge in [0, 0.05) is 43.4 Å². The van der Waals surface area contributed by atoms with Gasteiger partial charge in [-0.2, -0.15) is 13.9 Å². The molecule has 3 aromatic heterocycles. The van der Waals surface area contributed by atoms with E-state index in [-0.39, 0.29) is 11.7 Å². The number of nitrogens with zero attached hydrogens (tertiary/aromatic N) is 5. The molecule has 4 rings (SSSR count). The van der Waals surface area contributed by atoms with Gasteiger partial charge in [-0.3, -0.25) is 9.48 Å². The van der Waals surface area contributed by atoms with E-state index in [0.717, 1.165) is 12.6 Å². The second-order valence-corrected chi connectivity index (χ2v) is 7.32. The second-order valence-electron chi connectivity index (χ2n) is 7.32. The lowest BCUT2D eigenvalue weighted by Crippen LogP contribution is -2.16. The molecule has 0 aromatic carbocycles. The van der Waals surface area contributed by atoms with E-state index in [2.05, 4.69) is 30.7 Å². The number of hydrogen-bond acceptors (Lipinski definition) is 7. The largest absolute Gasteiger partial charge is 0.373 e. The Balaban J connectivity index is 1.77. The predicted molar refractivity (Wildman–Crippen MR) is 109 cm³/mol. The van der Waals surface area contributed by atoms with E-state index < -0.39 is 11.7 Å². The first-order valence-electron chi connectivity index (χ1n) is 9.62. The average molecular weight is 429 g/mol. The summed E-state index contributed by atoms with van der Waals surface area (Å²) >= 11 is 0. The van der Waals surface area contributed by atoms with Crippen molar-refractivity contribution in [1.82, 2.24) is 24.7 Å². The van der Waals surface area contributed by atoms with Gasteiger partial charge in [0.1, 0.15) is 11.6 Å². The fraction of sp³-hybridized carbons (Fsp3) is 0.350. The third kappa shape index (κ3) is 4.66. The summed E-state index contributed by atoms with van der Waals surface area (Å²) in [4.78, 5) is 23.5.